The molecular formula is C15H21BrN2O. The van der Waals surface area contributed by atoms with Gasteiger partial charge in [0.15, 0.2) is 0 Å². The van der Waals surface area contributed by atoms with Gasteiger partial charge >= 0.3 is 0 Å². The summed E-state index contributed by atoms with van der Waals surface area (Å²) in [5.74, 6) is 0.0488. The molecule has 1 fully saturated rings. The lowest BCUT2D eigenvalue weighted by Gasteiger charge is -2.24. The number of carbonyl (C=O) groups is 1. The standard InChI is InChI=1S/C15H21BrN2O/c1-11(12-6-2-3-7-13(12)16)18-14(19)10-15(17)8-4-5-9-15/h2-3,6-7,11H,4-5,8-10,17H2,1H3,(H,18,19)/t11-/m1/s1. The molecule has 1 aromatic rings. The van der Waals surface area contributed by atoms with E-state index in [1.807, 2.05) is 31.2 Å². The van der Waals surface area contributed by atoms with Gasteiger partial charge in [-0.15, -0.1) is 0 Å². The molecule has 1 atom stereocenters. The van der Waals surface area contributed by atoms with Gasteiger partial charge in [0.2, 0.25) is 5.91 Å². The Morgan fingerprint density at radius 3 is 2.68 bits per heavy atom. The fraction of sp³-hybridized carbons (Fsp3) is 0.533. The molecule has 1 amide bonds. The lowest BCUT2D eigenvalue weighted by atomic mass is 9.94. The van der Waals surface area contributed by atoms with E-state index in [4.69, 9.17) is 5.73 Å². The summed E-state index contributed by atoms with van der Waals surface area (Å²) in [6, 6.07) is 7.94. The predicted octanol–water partition coefficient (Wildman–Crippen LogP) is 3.29. The maximum atomic E-state index is 12.1. The average molecular weight is 325 g/mol. The largest absolute Gasteiger partial charge is 0.349 e. The van der Waals surface area contributed by atoms with E-state index >= 15 is 0 Å². The molecule has 0 saturated heterocycles. The summed E-state index contributed by atoms with van der Waals surface area (Å²) in [7, 11) is 0. The van der Waals surface area contributed by atoms with E-state index in [1.54, 1.807) is 0 Å². The zero-order chi connectivity index (χ0) is 13.9. The van der Waals surface area contributed by atoms with Crippen molar-refractivity contribution in [3.8, 4) is 0 Å². The van der Waals surface area contributed by atoms with Gasteiger partial charge in [-0.3, -0.25) is 4.79 Å². The second-order valence-corrected chi connectivity index (χ2v) is 6.41. The molecule has 0 aromatic heterocycles. The Morgan fingerprint density at radius 1 is 1.42 bits per heavy atom. The van der Waals surface area contributed by atoms with Gasteiger partial charge in [-0.1, -0.05) is 47.0 Å². The normalized spacial score (nSPS) is 19.1. The highest BCUT2D eigenvalue weighted by Gasteiger charge is 2.32. The van der Waals surface area contributed by atoms with Crippen LogP contribution < -0.4 is 11.1 Å². The molecule has 2 rings (SSSR count). The molecule has 0 unspecified atom stereocenters. The first-order valence-electron chi connectivity index (χ1n) is 6.83. The van der Waals surface area contributed by atoms with Crippen LogP contribution in [0.4, 0.5) is 0 Å². The lowest BCUT2D eigenvalue weighted by molar-refractivity contribution is -0.122. The molecule has 1 saturated carbocycles. The van der Waals surface area contributed by atoms with Crippen LogP contribution in [-0.2, 0) is 4.79 Å². The van der Waals surface area contributed by atoms with Gasteiger partial charge in [0.1, 0.15) is 0 Å². The third-order valence-electron chi connectivity index (χ3n) is 3.86. The van der Waals surface area contributed by atoms with E-state index in [0.29, 0.717) is 6.42 Å². The molecule has 1 aromatic carbocycles. The van der Waals surface area contributed by atoms with E-state index in [2.05, 4.69) is 21.2 Å². The number of benzene rings is 1. The maximum absolute atomic E-state index is 12.1. The first kappa shape index (κ1) is 14.5. The van der Waals surface area contributed by atoms with Gasteiger partial charge in [-0.05, 0) is 31.4 Å². The fourth-order valence-electron chi connectivity index (χ4n) is 2.77. The summed E-state index contributed by atoms with van der Waals surface area (Å²) >= 11 is 3.51. The van der Waals surface area contributed by atoms with Crippen LogP contribution in [-0.4, -0.2) is 11.4 Å². The van der Waals surface area contributed by atoms with Crippen molar-refractivity contribution in [1.29, 1.82) is 0 Å². The van der Waals surface area contributed by atoms with Crippen LogP contribution in [0.5, 0.6) is 0 Å². The monoisotopic (exact) mass is 324 g/mol. The molecule has 0 radical (unpaired) electrons. The number of nitrogens with two attached hydrogens (primary N) is 1. The summed E-state index contributed by atoms with van der Waals surface area (Å²) in [6.07, 6.45) is 4.64. The quantitative estimate of drug-likeness (QED) is 0.892. The third kappa shape index (κ3) is 3.80. The van der Waals surface area contributed by atoms with Crippen molar-refractivity contribution in [2.24, 2.45) is 5.73 Å². The van der Waals surface area contributed by atoms with E-state index in [1.165, 1.54) is 0 Å². The number of carbonyl (C=O) groups excluding carboxylic acids is 1. The van der Waals surface area contributed by atoms with Gasteiger partial charge in [-0.25, -0.2) is 0 Å². The molecular weight excluding hydrogens is 304 g/mol. The second kappa shape index (κ2) is 6.06. The number of hydrogen-bond acceptors (Lipinski definition) is 2. The van der Waals surface area contributed by atoms with Gasteiger partial charge in [0.05, 0.1) is 6.04 Å². The van der Waals surface area contributed by atoms with Crippen molar-refractivity contribution in [2.75, 3.05) is 0 Å². The summed E-state index contributed by atoms with van der Waals surface area (Å²) in [5.41, 5.74) is 7.05. The van der Waals surface area contributed by atoms with Gasteiger partial charge in [0, 0.05) is 16.4 Å². The Morgan fingerprint density at radius 2 is 2.05 bits per heavy atom. The molecule has 1 aliphatic carbocycles. The highest BCUT2D eigenvalue weighted by molar-refractivity contribution is 9.10. The summed E-state index contributed by atoms with van der Waals surface area (Å²) in [4.78, 5) is 12.1. The third-order valence-corrected chi connectivity index (χ3v) is 4.58. The van der Waals surface area contributed by atoms with Gasteiger partial charge in [0.25, 0.3) is 0 Å². The van der Waals surface area contributed by atoms with Crippen LogP contribution in [0.1, 0.15) is 50.6 Å². The fourth-order valence-corrected chi connectivity index (χ4v) is 3.40. The molecule has 0 spiro atoms. The minimum atomic E-state index is -0.280. The molecule has 4 heteroatoms. The van der Waals surface area contributed by atoms with E-state index < -0.39 is 0 Å². The lowest BCUT2D eigenvalue weighted by Crippen LogP contribution is -2.42. The second-order valence-electron chi connectivity index (χ2n) is 5.56. The Hall–Kier alpha value is -0.870. The summed E-state index contributed by atoms with van der Waals surface area (Å²) in [5, 5.41) is 3.04. The highest BCUT2D eigenvalue weighted by atomic mass is 79.9. The number of halogens is 1. The number of amides is 1. The van der Waals surface area contributed by atoms with Crippen LogP contribution in [0.25, 0.3) is 0 Å². The SMILES string of the molecule is C[C@@H](NC(=O)CC1(N)CCCC1)c1ccccc1Br. The van der Waals surface area contributed by atoms with Crippen molar-refractivity contribution < 1.29 is 4.79 Å². The van der Waals surface area contributed by atoms with Crippen molar-refractivity contribution in [2.45, 2.75) is 50.6 Å². The van der Waals surface area contributed by atoms with Crippen LogP contribution in [0, 0.1) is 0 Å². The number of hydrogen-bond donors (Lipinski definition) is 2. The minimum absolute atomic E-state index is 0.00641. The van der Waals surface area contributed by atoms with Crippen molar-refractivity contribution in [3.05, 3.63) is 34.3 Å². The van der Waals surface area contributed by atoms with E-state index in [-0.39, 0.29) is 17.5 Å². The highest BCUT2D eigenvalue weighted by Crippen LogP contribution is 2.30. The van der Waals surface area contributed by atoms with Gasteiger partial charge < -0.3 is 11.1 Å². The van der Waals surface area contributed by atoms with Crippen LogP contribution in [0.3, 0.4) is 0 Å². The Bertz CT molecular complexity index is 455. The van der Waals surface area contributed by atoms with Crippen LogP contribution >= 0.6 is 15.9 Å². The molecule has 104 valence electrons. The summed E-state index contributed by atoms with van der Waals surface area (Å²) < 4.78 is 1.02. The molecule has 0 aliphatic heterocycles. The molecule has 0 bridgehead atoms. The van der Waals surface area contributed by atoms with E-state index in [0.717, 1.165) is 35.7 Å². The smallest absolute Gasteiger partial charge is 0.222 e. The predicted molar refractivity (Wildman–Crippen MR) is 80.7 cm³/mol. The molecule has 19 heavy (non-hydrogen) atoms. The maximum Gasteiger partial charge on any atom is 0.222 e. The van der Waals surface area contributed by atoms with Crippen LogP contribution in [0.2, 0.25) is 0 Å². The zero-order valence-corrected chi connectivity index (χ0v) is 12.9. The first-order valence-corrected chi connectivity index (χ1v) is 7.62. The van der Waals surface area contributed by atoms with E-state index in [9.17, 15) is 4.79 Å². The van der Waals surface area contributed by atoms with Crippen LogP contribution in [0.15, 0.2) is 28.7 Å². The topological polar surface area (TPSA) is 55.1 Å². The average Bonchev–Trinajstić information content (AvgIpc) is 2.75. The Kier molecular flexibility index (Phi) is 4.63. The van der Waals surface area contributed by atoms with Gasteiger partial charge in [-0.2, -0.15) is 0 Å². The van der Waals surface area contributed by atoms with Crippen molar-refractivity contribution in [3.63, 3.8) is 0 Å². The van der Waals surface area contributed by atoms with Crippen molar-refractivity contribution >= 4 is 21.8 Å². The molecule has 0 heterocycles. The minimum Gasteiger partial charge on any atom is -0.349 e. The Labute approximate surface area is 123 Å². The number of nitrogens with one attached hydrogen (secondary N) is 1. The number of rotatable bonds is 4. The first-order chi connectivity index (χ1) is 9.00. The summed E-state index contributed by atoms with van der Waals surface area (Å²) in [6.45, 7) is 2.00. The molecule has 3 N–H and O–H groups in total. The molecule has 1 aliphatic rings. The Balaban J connectivity index is 1.94. The zero-order valence-electron chi connectivity index (χ0n) is 11.3. The molecule has 3 nitrogen and oxygen atoms in total. The van der Waals surface area contributed by atoms with Crippen molar-refractivity contribution in [1.82, 2.24) is 5.32 Å².